The molecule has 4 rings (SSSR count). The number of hydrogen-bond donors (Lipinski definition) is 1. The van der Waals surface area contributed by atoms with Crippen LogP contribution in [0.15, 0.2) is 54.6 Å². The van der Waals surface area contributed by atoms with Crippen molar-refractivity contribution >= 4 is 17.5 Å². The molecule has 0 saturated carbocycles. The Morgan fingerprint density at radius 1 is 0.897 bits per heavy atom. The van der Waals surface area contributed by atoms with E-state index in [1.807, 2.05) is 12.1 Å². The average Bonchev–Trinajstić information content (AvgIpc) is 2.77. The molecule has 2 heterocycles. The van der Waals surface area contributed by atoms with Gasteiger partial charge < -0.3 is 15.1 Å². The molecule has 29 heavy (non-hydrogen) atoms. The topological polar surface area (TPSA) is 44.3 Å². The Labute approximate surface area is 173 Å². The monoisotopic (exact) mass is 387 g/mol. The highest BCUT2D eigenvalue weighted by molar-refractivity contribution is 5.69. The first-order valence-electron chi connectivity index (χ1n) is 10.4. The van der Waals surface area contributed by atoms with Crippen LogP contribution in [0.4, 0.5) is 17.5 Å². The minimum Gasteiger partial charge on any atom is -0.340 e. The summed E-state index contributed by atoms with van der Waals surface area (Å²) in [6.45, 7) is 11.5. The maximum atomic E-state index is 4.92. The van der Waals surface area contributed by atoms with Crippen LogP contribution in [-0.2, 0) is 0 Å². The number of rotatable bonds is 5. The molecular formula is C24H29N5. The maximum Gasteiger partial charge on any atom is 0.227 e. The molecule has 5 heteroatoms. The number of hydrogen-bond acceptors (Lipinski definition) is 5. The van der Waals surface area contributed by atoms with E-state index in [0.29, 0.717) is 0 Å². The SMILES string of the molecule is CCN1CCN(c2nc(Nc3cc(C)ccc3C)cc(-c3ccccc3)n2)CC1. The third kappa shape index (κ3) is 4.57. The summed E-state index contributed by atoms with van der Waals surface area (Å²) in [6, 6.07) is 18.8. The molecule has 0 aliphatic carbocycles. The van der Waals surface area contributed by atoms with Gasteiger partial charge >= 0.3 is 0 Å². The van der Waals surface area contributed by atoms with Gasteiger partial charge in [0.05, 0.1) is 5.69 Å². The van der Waals surface area contributed by atoms with E-state index in [-0.39, 0.29) is 0 Å². The fourth-order valence-electron chi connectivity index (χ4n) is 3.67. The maximum absolute atomic E-state index is 4.92. The second-order valence-electron chi connectivity index (χ2n) is 7.67. The Balaban J connectivity index is 1.69. The molecule has 0 unspecified atom stereocenters. The van der Waals surface area contributed by atoms with Gasteiger partial charge in [-0.3, -0.25) is 0 Å². The van der Waals surface area contributed by atoms with Gasteiger partial charge in [0.15, 0.2) is 0 Å². The summed E-state index contributed by atoms with van der Waals surface area (Å²) in [5.74, 6) is 1.63. The molecule has 150 valence electrons. The zero-order valence-corrected chi connectivity index (χ0v) is 17.5. The largest absolute Gasteiger partial charge is 0.340 e. The lowest BCUT2D eigenvalue weighted by Gasteiger charge is -2.34. The fraction of sp³-hybridized carbons (Fsp3) is 0.333. The molecule has 0 radical (unpaired) electrons. The zero-order valence-electron chi connectivity index (χ0n) is 17.5. The molecule has 0 bridgehead atoms. The Morgan fingerprint density at radius 2 is 1.66 bits per heavy atom. The summed E-state index contributed by atoms with van der Waals surface area (Å²) >= 11 is 0. The Morgan fingerprint density at radius 3 is 2.38 bits per heavy atom. The van der Waals surface area contributed by atoms with Crippen molar-refractivity contribution in [2.75, 3.05) is 42.9 Å². The number of aryl methyl sites for hydroxylation is 2. The second-order valence-corrected chi connectivity index (χ2v) is 7.67. The van der Waals surface area contributed by atoms with Crippen molar-refractivity contribution in [1.82, 2.24) is 14.9 Å². The van der Waals surface area contributed by atoms with Gasteiger partial charge in [0.2, 0.25) is 5.95 Å². The summed E-state index contributed by atoms with van der Waals surface area (Å²) in [4.78, 5) is 14.6. The Bertz CT molecular complexity index is 962. The minimum absolute atomic E-state index is 0.801. The van der Waals surface area contributed by atoms with Crippen molar-refractivity contribution < 1.29 is 0 Å². The summed E-state index contributed by atoms with van der Waals surface area (Å²) in [7, 11) is 0. The molecule has 0 atom stereocenters. The van der Waals surface area contributed by atoms with E-state index in [9.17, 15) is 0 Å². The standard InChI is InChI=1S/C24H29N5/c1-4-28-12-14-29(15-13-28)24-26-22(20-8-6-5-7-9-20)17-23(27-24)25-21-16-18(2)10-11-19(21)3/h5-11,16-17H,4,12-15H2,1-3H3,(H,25,26,27). The van der Waals surface area contributed by atoms with Gasteiger partial charge in [-0.05, 0) is 37.6 Å². The molecule has 1 aliphatic heterocycles. The van der Waals surface area contributed by atoms with Crippen molar-refractivity contribution in [2.45, 2.75) is 20.8 Å². The third-order valence-corrected chi connectivity index (χ3v) is 5.54. The van der Waals surface area contributed by atoms with Crippen molar-refractivity contribution in [3.8, 4) is 11.3 Å². The summed E-state index contributed by atoms with van der Waals surface area (Å²) < 4.78 is 0. The number of aromatic nitrogens is 2. The highest BCUT2D eigenvalue weighted by Gasteiger charge is 2.19. The molecule has 0 spiro atoms. The predicted octanol–water partition coefficient (Wildman–Crippen LogP) is 4.65. The quantitative estimate of drug-likeness (QED) is 0.691. The predicted molar refractivity (Wildman–Crippen MR) is 121 cm³/mol. The van der Waals surface area contributed by atoms with Crippen LogP contribution in [0.5, 0.6) is 0 Å². The Hall–Kier alpha value is -2.92. The van der Waals surface area contributed by atoms with Gasteiger partial charge in [-0.25, -0.2) is 4.98 Å². The molecule has 3 aromatic rings. The van der Waals surface area contributed by atoms with Crippen LogP contribution in [0.3, 0.4) is 0 Å². The number of likely N-dealkylation sites (N-methyl/N-ethyl adjacent to an activating group) is 1. The average molecular weight is 388 g/mol. The fourth-order valence-corrected chi connectivity index (χ4v) is 3.67. The van der Waals surface area contributed by atoms with E-state index in [0.717, 1.165) is 61.4 Å². The van der Waals surface area contributed by atoms with Crippen LogP contribution in [0.2, 0.25) is 0 Å². The first-order chi connectivity index (χ1) is 14.1. The van der Waals surface area contributed by atoms with Crippen LogP contribution in [0.25, 0.3) is 11.3 Å². The molecule has 1 fully saturated rings. The molecule has 5 nitrogen and oxygen atoms in total. The highest BCUT2D eigenvalue weighted by atomic mass is 15.3. The molecule has 1 aliphatic rings. The van der Waals surface area contributed by atoms with Crippen LogP contribution in [-0.4, -0.2) is 47.6 Å². The molecule has 0 amide bonds. The lowest BCUT2D eigenvalue weighted by molar-refractivity contribution is 0.270. The molecular weight excluding hydrogens is 358 g/mol. The number of nitrogens with zero attached hydrogens (tertiary/aromatic N) is 4. The summed E-state index contributed by atoms with van der Waals surface area (Å²) in [6.07, 6.45) is 0. The number of piperazine rings is 1. The number of benzene rings is 2. The van der Waals surface area contributed by atoms with Crippen molar-refractivity contribution in [3.05, 3.63) is 65.7 Å². The van der Waals surface area contributed by atoms with Gasteiger partial charge in [-0.15, -0.1) is 0 Å². The van der Waals surface area contributed by atoms with E-state index < -0.39 is 0 Å². The van der Waals surface area contributed by atoms with Gasteiger partial charge in [-0.2, -0.15) is 4.98 Å². The van der Waals surface area contributed by atoms with E-state index in [1.54, 1.807) is 0 Å². The van der Waals surface area contributed by atoms with Gasteiger partial charge in [0.25, 0.3) is 0 Å². The molecule has 1 aromatic heterocycles. The van der Waals surface area contributed by atoms with Crippen LogP contribution < -0.4 is 10.2 Å². The zero-order chi connectivity index (χ0) is 20.2. The number of nitrogens with one attached hydrogen (secondary N) is 1. The molecule has 2 aromatic carbocycles. The van der Waals surface area contributed by atoms with E-state index in [2.05, 4.69) is 78.4 Å². The van der Waals surface area contributed by atoms with Crippen LogP contribution in [0, 0.1) is 13.8 Å². The second kappa shape index (κ2) is 8.62. The van der Waals surface area contributed by atoms with Crippen molar-refractivity contribution in [3.63, 3.8) is 0 Å². The van der Waals surface area contributed by atoms with Crippen molar-refractivity contribution in [1.29, 1.82) is 0 Å². The smallest absolute Gasteiger partial charge is 0.227 e. The molecule has 1 N–H and O–H groups in total. The first kappa shape index (κ1) is 19.4. The lowest BCUT2D eigenvalue weighted by atomic mass is 10.1. The van der Waals surface area contributed by atoms with Gasteiger partial charge in [0, 0.05) is 43.5 Å². The highest BCUT2D eigenvalue weighted by Crippen LogP contribution is 2.27. The Kier molecular flexibility index (Phi) is 5.76. The van der Waals surface area contributed by atoms with E-state index in [4.69, 9.17) is 9.97 Å². The summed E-state index contributed by atoms with van der Waals surface area (Å²) in [5, 5.41) is 3.53. The first-order valence-corrected chi connectivity index (χ1v) is 10.4. The molecule has 1 saturated heterocycles. The van der Waals surface area contributed by atoms with Crippen LogP contribution in [0.1, 0.15) is 18.1 Å². The van der Waals surface area contributed by atoms with E-state index in [1.165, 1.54) is 11.1 Å². The van der Waals surface area contributed by atoms with Gasteiger partial charge in [-0.1, -0.05) is 49.4 Å². The minimum atomic E-state index is 0.801. The summed E-state index contributed by atoms with van der Waals surface area (Å²) in [5.41, 5.74) is 5.57. The van der Waals surface area contributed by atoms with E-state index >= 15 is 0 Å². The van der Waals surface area contributed by atoms with Gasteiger partial charge in [0.1, 0.15) is 5.82 Å². The van der Waals surface area contributed by atoms with Crippen LogP contribution >= 0.6 is 0 Å². The number of anilines is 3. The van der Waals surface area contributed by atoms with Crippen molar-refractivity contribution in [2.24, 2.45) is 0 Å². The lowest BCUT2D eigenvalue weighted by Crippen LogP contribution is -2.46. The normalized spacial score (nSPS) is 14.8. The third-order valence-electron chi connectivity index (χ3n) is 5.54.